The van der Waals surface area contributed by atoms with Gasteiger partial charge in [0.25, 0.3) is 0 Å². The standard InChI is InChI=1S/C15H14O2.C10H18O3/c1-11(13-4-8-15(17)9-5-13)10-12-2-6-14(16)7-3-12;1-9(2,7-5-11-7)13-10(3,4)8-6-12-8/h2-10,16-17H,1H3;7-8H,5-6H2,1-4H3/b11-10+;. The molecule has 0 aromatic heterocycles. The van der Waals surface area contributed by atoms with E-state index in [-0.39, 0.29) is 34.9 Å². The fourth-order valence-corrected chi connectivity index (χ4v) is 3.34. The van der Waals surface area contributed by atoms with E-state index >= 15 is 0 Å². The van der Waals surface area contributed by atoms with Gasteiger partial charge in [0.1, 0.15) is 23.7 Å². The Kier molecular flexibility index (Phi) is 6.56. The molecule has 0 amide bonds. The summed E-state index contributed by atoms with van der Waals surface area (Å²) in [4.78, 5) is 0. The van der Waals surface area contributed by atoms with Crippen LogP contribution in [0.25, 0.3) is 11.6 Å². The van der Waals surface area contributed by atoms with E-state index in [1.54, 1.807) is 24.3 Å². The molecular weight excluding hydrogens is 380 g/mol. The zero-order chi connectivity index (χ0) is 21.9. The number of epoxide rings is 2. The molecule has 0 aliphatic carbocycles. The number of benzene rings is 2. The van der Waals surface area contributed by atoms with Crippen LogP contribution in [0.5, 0.6) is 11.5 Å². The van der Waals surface area contributed by atoms with Gasteiger partial charge in [0.15, 0.2) is 0 Å². The van der Waals surface area contributed by atoms with Gasteiger partial charge < -0.3 is 24.4 Å². The molecule has 30 heavy (non-hydrogen) atoms. The largest absolute Gasteiger partial charge is 0.508 e. The summed E-state index contributed by atoms with van der Waals surface area (Å²) in [6, 6.07) is 14.1. The van der Waals surface area contributed by atoms with Crippen LogP contribution in [0, 0.1) is 0 Å². The van der Waals surface area contributed by atoms with Crippen LogP contribution >= 0.6 is 0 Å². The summed E-state index contributed by atoms with van der Waals surface area (Å²) < 4.78 is 16.5. The van der Waals surface area contributed by atoms with E-state index < -0.39 is 0 Å². The molecule has 2 atom stereocenters. The van der Waals surface area contributed by atoms with Crippen molar-refractivity contribution in [1.29, 1.82) is 0 Å². The highest BCUT2D eigenvalue weighted by molar-refractivity contribution is 5.80. The predicted octanol–water partition coefficient (Wildman–Crippen LogP) is 5.02. The summed E-state index contributed by atoms with van der Waals surface area (Å²) in [6.07, 6.45) is 2.57. The molecule has 2 saturated heterocycles. The molecule has 0 saturated carbocycles. The topological polar surface area (TPSA) is 74.8 Å². The monoisotopic (exact) mass is 412 g/mol. The number of phenolic OH excluding ortho intramolecular Hbond substituents is 2. The molecule has 2 aliphatic heterocycles. The van der Waals surface area contributed by atoms with Crippen molar-refractivity contribution in [3.05, 3.63) is 59.7 Å². The summed E-state index contributed by atoms with van der Waals surface area (Å²) in [6.45, 7) is 12.0. The Hall–Kier alpha value is -2.34. The Morgan fingerprint density at radius 2 is 1.23 bits per heavy atom. The van der Waals surface area contributed by atoms with Gasteiger partial charge in [0.05, 0.1) is 24.4 Å². The molecule has 0 radical (unpaired) electrons. The van der Waals surface area contributed by atoms with Crippen LogP contribution in [-0.2, 0) is 14.2 Å². The third kappa shape index (κ3) is 6.33. The Morgan fingerprint density at radius 1 is 0.833 bits per heavy atom. The molecule has 2 heterocycles. The molecule has 2 aliphatic rings. The molecular formula is C25H32O5. The van der Waals surface area contributed by atoms with Crippen molar-refractivity contribution in [2.24, 2.45) is 0 Å². The minimum absolute atomic E-state index is 0.185. The molecule has 2 unspecified atom stereocenters. The van der Waals surface area contributed by atoms with Crippen molar-refractivity contribution in [1.82, 2.24) is 0 Å². The van der Waals surface area contributed by atoms with Gasteiger partial charge in [-0.15, -0.1) is 0 Å². The van der Waals surface area contributed by atoms with Gasteiger partial charge in [0.2, 0.25) is 0 Å². The number of rotatable bonds is 6. The third-order valence-corrected chi connectivity index (χ3v) is 5.34. The van der Waals surface area contributed by atoms with E-state index in [1.807, 2.05) is 37.3 Å². The summed E-state index contributed by atoms with van der Waals surface area (Å²) in [7, 11) is 0. The quantitative estimate of drug-likeness (QED) is 0.515. The average Bonchev–Trinajstić information content (AvgIpc) is 3.56. The first-order valence-electron chi connectivity index (χ1n) is 10.3. The number of hydrogen-bond acceptors (Lipinski definition) is 5. The van der Waals surface area contributed by atoms with Gasteiger partial charge in [-0.2, -0.15) is 0 Å². The highest BCUT2D eigenvalue weighted by atomic mass is 16.6. The van der Waals surface area contributed by atoms with Crippen molar-refractivity contribution in [2.75, 3.05) is 13.2 Å². The van der Waals surface area contributed by atoms with E-state index in [1.165, 1.54) is 0 Å². The highest BCUT2D eigenvalue weighted by Crippen LogP contribution is 2.36. The lowest BCUT2D eigenvalue weighted by atomic mass is 10.0. The first kappa shape index (κ1) is 22.3. The van der Waals surface area contributed by atoms with Crippen molar-refractivity contribution in [2.45, 2.75) is 58.0 Å². The summed E-state index contributed by atoms with van der Waals surface area (Å²) in [5, 5.41) is 18.4. The van der Waals surface area contributed by atoms with Crippen molar-refractivity contribution >= 4 is 11.6 Å². The number of hydrogen-bond donors (Lipinski definition) is 2. The Bertz CT molecular complexity index is 835. The second kappa shape index (κ2) is 8.80. The predicted molar refractivity (Wildman–Crippen MR) is 118 cm³/mol. The first-order chi connectivity index (χ1) is 14.1. The minimum Gasteiger partial charge on any atom is -0.508 e. The molecule has 2 fully saturated rings. The Morgan fingerprint density at radius 3 is 1.63 bits per heavy atom. The number of phenols is 2. The van der Waals surface area contributed by atoms with Gasteiger partial charge in [0, 0.05) is 0 Å². The summed E-state index contributed by atoms with van der Waals surface area (Å²) in [5.74, 6) is 0.538. The molecule has 0 spiro atoms. The zero-order valence-corrected chi connectivity index (χ0v) is 18.4. The maximum atomic E-state index is 9.21. The first-order valence-corrected chi connectivity index (χ1v) is 10.3. The van der Waals surface area contributed by atoms with Crippen LogP contribution in [0.15, 0.2) is 48.5 Å². The number of ether oxygens (including phenoxy) is 3. The van der Waals surface area contributed by atoms with E-state index in [9.17, 15) is 10.2 Å². The molecule has 162 valence electrons. The van der Waals surface area contributed by atoms with Gasteiger partial charge in [-0.1, -0.05) is 30.3 Å². The molecule has 2 aromatic rings. The lowest BCUT2D eigenvalue weighted by molar-refractivity contribution is -0.142. The van der Waals surface area contributed by atoms with Crippen LogP contribution in [0.2, 0.25) is 0 Å². The van der Waals surface area contributed by atoms with Crippen LogP contribution in [0.4, 0.5) is 0 Å². The molecule has 0 bridgehead atoms. The summed E-state index contributed by atoms with van der Waals surface area (Å²) >= 11 is 0. The molecule has 4 rings (SSSR count). The SMILES string of the molecule is C/C(=C\c1ccc(O)cc1)c1ccc(O)cc1.CC(C)(OC(C)(C)C1CO1)C1CO1. The normalized spacial score (nSPS) is 20.9. The number of allylic oxidation sites excluding steroid dienone is 1. The van der Waals surface area contributed by atoms with E-state index in [0.29, 0.717) is 0 Å². The second-order valence-corrected chi connectivity index (χ2v) is 8.92. The zero-order valence-electron chi connectivity index (χ0n) is 18.4. The maximum Gasteiger partial charge on any atom is 0.115 e. The van der Waals surface area contributed by atoms with Gasteiger partial charge in [-0.3, -0.25) is 0 Å². The van der Waals surface area contributed by atoms with E-state index in [0.717, 1.165) is 29.9 Å². The summed E-state index contributed by atoms with van der Waals surface area (Å²) in [5.41, 5.74) is 2.84. The average molecular weight is 413 g/mol. The van der Waals surface area contributed by atoms with Crippen LogP contribution in [-0.4, -0.2) is 46.8 Å². The lowest BCUT2D eigenvalue weighted by Gasteiger charge is -2.34. The molecule has 2 N–H and O–H groups in total. The van der Waals surface area contributed by atoms with Crippen LogP contribution in [0.3, 0.4) is 0 Å². The van der Waals surface area contributed by atoms with Gasteiger partial charge >= 0.3 is 0 Å². The molecule has 2 aromatic carbocycles. The van der Waals surface area contributed by atoms with E-state index in [2.05, 4.69) is 27.7 Å². The number of aromatic hydroxyl groups is 2. The van der Waals surface area contributed by atoms with Gasteiger partial charge in [-0.25, -0.2) is 0 Å². The Balaban J connectivity index is 0.000000177. The maximum absolute atomic E-state index is 9.21. The Labute approximate surface area is 178 Å². The van der Waals surface area contributed by atoms with Crippen molar-refractivity contribution in [3.63, 3.8) is 0 Å². The second-order valence-electron chi connectivity index (χ2n) is 8.92. The highest BCUT2D eigenvalue weighted by Gasteiger charge is 2.49. The van der Waals surface area contributed by atoms with Crippen molar-refractivity contribution < 1.29 is 24.4 Å². The lowest BCUT2D eigenvalue weighted by Crippen LogP contribution is -2.44. The van der Waals surface area contributed by atoms with E-state index in [4.69, 9.17) is 14.2 Å². The minimum atomic E-state index is -0.185. The fourth-order valence-electron chi connectivity index (χ4n) is 3.34. The van der Waals surface area contributed by atoms with Crippen molar-refractivity contribution in [3.8, 4) is 11.5 Å². The van der Waals surface area contributed by atoms with Crippen LogP contribution < -0.4 is 0 Å². The van der Waals surface area contributed by atoms with Gasteiger partial charge in [-0.05, 0) is 75.6 Å². The fraction of sp³-hybridized carbons (Fsp3) is 0.440. The third-order valence-electron chi connectivity index (χ3n) is 5.34. The molecule has 5 nitrogen and oxygen atoms in total. The smallest absolute Gasteiger partial charge is 0.115 e. The van der Waals surface area contributed by atoms with Crippen LogP contribution in [0.1, 0.15) is 45.7 Å². The molecule has 5 heteroatoms.